The highest BCUT2D eigenvalue weighted by molar-refractivity contribution is 6.39. The van der Waals surface area contributed by atoms with Gasteiger partial charge in [0.2, 0.25) is 5.91 Å². The van der Waals surface area contributed by atoms with Crippen molar-refractivity contribution in [2.24, 2.45) is 0 Å². The predicted molar refractivity (Wildman–Crippen MR) is 135 cm³/mol. The Kier molecular flexibility index (Phi) is 5.87. The van der Waals surface area contributed by atoms with Crippen LogP contribution in [0.1, 0.15) is 11.1 Å². The lowest BCUT2D eigenvalue weighted by molar-refractivity contribution is -0.122. The first kappa shape index (κ1) is 22.7. The fraction of sp³-hybridized carbons (Fsp3) is 0.0741. The third-order valence-electron chi connectivity index (χ3n) is 5.76. The second-order valence-corrected chi connectivity index (χ2v) is 8.31. The topological polar surface area (TPSA) is 113 Å². The highest BCUT2D eigenvalue weighted by Gasteiger charge is 2.37. The zero-order valence-corrected chi connectivity index (χ0v) is 19.3. The van der Waals surface area contributed by atoms with Crippen LogP contribution in [0.2, 0.25) is 0 Å². The van der Waals surface area contributed by atoms with Crippen LogP contribution in [-0.2, 0) is 20.9 Å². The summed E-state index contributed by atoms with van der Waals surface area (Å²) in [6, 6.07) is 17.1. The monoisotopic (exact) mass is 479 g/mol. The number of amides is 5. The standard InChI is InChI=1S/C27H21N5O4/c1-17-5-4-6-19(13-17)29-24(33)16-31-15-18(21-7-2-3-8-23(21)31)14-22-25(34)30-27(36)32(26(22)35)20-9-11-28-12-10-20/h2-15H,16H2,1H3,(H,29,33)(H,30,34,36)/b22-14+. The Labute approximate surface area is 206 Å². The molecule has 2 N–H and O–H groups in total. The maximum Gasteiger partial charge on any atom is 0.335 e. The molecule has 9 nitrogen and oxygen atoms in total. The number of urea groups is 1. The lowest BCUT2D eigenvalue weighted by Crippen LogP contribution is -2.54. The summed E-state index contributed by atoms with van der Waals surface area (Å²) in [4.78, 5) is 55.8. The van der Waals surface area contributed by atoms with Gasteiger partial charge in [0.15, 0.2) is 0 Å². The highest BCUT2D eigenvalue weighted by atomic mass is 16.2. The number of rotatable bonds is 5. The van der Waals surface area contributed by atoms with E-state index in [1.165, 1.54) is 30.6 Å². The molecule has 178 valence electrons. The van der Waals surface area contributed by atoms with Gasteiger partial charge in [-0.25, -0.2) is 9.69 Å². The molecule has 0 radical (unpaired) electrons. The number of imide groups is 2. The minimum atomic E-state index is -0.830. The molecule has 0 atom stereocenters. The summed E-state index contributed by atoms with van der Waals surface area (Å²) in [5.74, 6) is -1.75. The van der Waals surface area contributed by atoms with Gasteiger partial charge in [0.05, 0.1) is 5.69 Å². The number of aromatic nitrogens is 2. The lowest BCUT2D eigenvalue weighted by atomic mass is 10.1. The van der Waals surface area contributed by atoms with Crippen molar-refractivity contribution in [3.63, 3.8) is 0 Å². The summed E-state index contributed by atoms with van der Waals surface area (Å²) in [6.07, 6.45) is 6.05. The number of carbonyl (C=O) groups is 4. The molecular formula is C27H21N5O4. The second-order valence-electron chi connectivity index (χ2n) is 8.31. The molecule has 0 bridgehead atoms. The van der Waals surface area contributed by atoms with Gasteiger partial charge in [-0.3, -0.25) is 24.7 Å². The summed E-state index contributed by atoms with van der Waals surface area (Å²) < 4.78 is 1.75. The van der Waals surface area contributed by atoms with Crippen molar-refractivity contribution in [1.82, 2.24) is 14.9 Å². The molecule has 3 heterocycles. The Hall–Kier alpha value is -5.05. The van der Waals surface area contributed by atoms with Crippen LogP contribution >= 0.6 is 0 Å². The Morgan fingerprint density at radius 2 is 1.81 bits per heavy atom. The van der Waals surface area contributed by atoms with Crippen molar-refractivity contribution in [2.45, 2.75) is 13.5 Å². The number of pyridine rings is 1. The summed E-state index contributed by atoms with van der Waals surface area (Å²) >= 11 is 0. The van der Waals surface area contributed by atoms with E-state index in [0.29, 0.717) is 16.9 Å². The molecule has 0 saturated carbocycles. The first-order chi connectivity index (χ1) is 17.4. The van der Waals surface area contributed by atoms with Crippen LogP contribution < -0.4 is 15.5 Å². The van der Waals surface area contributed by atoms with Gasteiger partial charge in [-0.15, -0.1) is 0 Å². The summed E-state index contributed by atoms with van der Waals surface area (Å²) in [5, 5.41) is 5.85. The normalized spacial score (nSPS) is 14.9. The number of nitrogens with one attached hydrogen (secondary N) is 2. The van der Waals surface area contributed by atoms with E-state index < -0.39 is 17.8 Å². The minimum absolute atomic E-state index is 0.0272. The zero-order valence-electron chi connectivity index (χ0n) is 19.3. The van der Waals surface area contributed by atoms with Gasteiger partial charge in [0, 0.05) is 40.7 Å². The summed E-state index contributed by atoms with van der Waals surface area (Å²) in [7, 11) is 0. The molecule has 4 aromatic rings. The smallest absolute Gasteiger partial charge is 0.335 e. The van der Waals surface area contributed by atoms with Crippen LogP contribution in [0.25, 0.3) is 17.0 Å². The molecule has 0 unspecified atom stereocenters. The number of anilines is 2. The van der Waals surface area contributed by atoms with Crippen LogP contribution in [0.4, 0.5) is 16.2 Å². The number of barbiturate groups is 1. The van der Waals surface area contributed by atoms with E-state index >= 15 is 0 Å². The fourth-order valence-corrected chi connectivity index (χ4v) is 4.14. The number of fused-ring (bicyclic) bond motifs is 1. The molecule has 1 aliphatic heterocycles. The summed E-state index contributed by atoms with van der Waals surface area (Å²) in [5.41, 5.74) is 3.15. The first-order valence-electron chi connectivity index (χ1n) is 11.2. The van der Waals surface area contributed by atoms with E-state index in [1.54, 1.807) is 10.8 Å². The van der Waals surface area contributed by atoms with Crippen molar-refractivity contribution in [3.05, 3.63) is 96.0 Å². The average molecular weight is 479 g/mol. The van der Waals surface area contributed by atoms with Crippen molar-refractivity contribution in [3.8, 4) is 0 Å². The van der Waals surface area contributed by atoms with Crippen LogP contribution in [0.3, 0.4) is 0 Å². The lowest BCUT2D eigenvalue weighted by Gasteiger charge is -2.26. The Morgan fingerprint density at radius 1 is 1.03 bits per heavy atom. The van der Waals surface area contributed by atoms with E-state index in [2.05, 4.69) is 15.6 Å². The van der Waals surface area contributed by atoms with E-state index in [4.69, 9.17) is 0 Å². The van der Waals surface area contributed by atoms with E-state index in [0.717, 1.165) is 21.4 Å². The fourth-order valence-electron chi connectivity index (χ4n) is 4.14. The molecule has 1 fully saturated rings. The molecule has 5 rings (SSSR count). The van der Waals surface area contributed by atoms with E-state index in [-0.39, 0.29) is 18.0 Å². The molecule has 2 aromatic carbocycles. The minimum Gasteiger partial charge on any atom is -0.337 e. The van der Waals surface area contributed by atoms with Crippen LogP contribution in [0.15, 0.2) is 84.8 Å². The first-order valence-corrected chi connectivity index (χ1v) is 11.2. The van der Waals surface area contributed by atoms with Crippen molar-refractivity contribution in [1.29, 1.82) is 0 Å². The van der Waals surface area contributed by atoms with Gasteiger partial charge in [0.25, 0.3) is 11.8 Å². The second kappa shape index (κ2) is 9.30. The van der Waals surface area contributed by atoms with Crippen LogP contribution in [0, 0.1) is 6.92 Å². The largest absolute Gasteiger partial charge is 0.337 e. The zero-order chi connectivity index (χ0) is 25.2. The molecule has 36 heavy (non-hydrogen) atoms. The number of carbonyl (C=O) groups excluding carboxylic acids is 4. The van der Waals surface area contributed by atoms with Gasteiger partial charge >= 0.3 is 6.03 Å². The molecule has 9 heteroatoms. The maximum atomic E-state index is 13.2. The Balaban J connectivity index is 1.48. The van der Waals surface area contributed by atoms with Gasteiger partial charge in [-0.2, -0.15) is 0 Å². The quantitative estimate of drug-likeness (QED) is 0.335. The number of benzene rings is 2. The average Bonchev–Trinajstić information content (AvgIpc) is 3.19. The third-order valence-corrected chi connectivity index (χ3v) is 5.76. The molecule has 2 aromatic heterocycles. The number of para-hydroxylation sites is 1. The maximum absolute atomic E-state index is 13.2. The van der Waals surface area contributed by atoms with Gasteiger partial charge < -0.3 is 9.88 Å². The van der Waals surface area contributed by atoms with Gasteiger partial charge in [-0.05, 0) is 48.9 Å². The Morgan fingerprint density at radius 3 is 2.58 bits per heavy atom. The van der Waals surface area contributed by atoms with Crippen molar-refractivity contribution in [2.75, 3.05) is 10.2 Å². The molecular weight excluding hydrogens is 458 g/mol. The molecule has 1 aliphatic rings. The van der Waals surface area contributed by atoms with E-state index in [9.17, 15) is 19.2 Å². The van der Waals surface area contributed by atoms with Crippen LogP contribution in [-0.4, -0.2) is 33.3 Å². The number of hydrogen-bond donors (Lipinski definition) is 2. The summed E-state index contributed by atoms with van der Waals surface area (Å²) in [6.45, 7) is 1.97. The number of nitrogens with zero attached hydrogens (tertiary/aromatic N) is 3. The van der Waals surface area contributed by atoms with Crippen LogP contribution in [0.5, 0.6) is 0 Å². The number of aryl methyl sites for hydroxylation is 1. The SMILES string of the molecule is Cc1cccc(NC(=O)Cn2cc(/C=C3\C(=O)NC(=O)N(c4ccncc4)C3=O)c3ccccc32)c1. The molecule has 1 saturated heterocycles. The van der Waals surface area contributed by atoms with Gasteiger partial charge in [-0.1, -0.05) is 30.3 Å². The molecule has 5 amide bonds. The highest BCUT2D eigenvalue weighted by Crippen LogP contribution is 2.26. The number of hydrogen-bond acceptors (Lipinski definition) is 5. The van der Waals surface area contributed by atoms with E-state index in [1.807, 2.05) is 55.5 Å². The van der Waals surface area contributed by atoms with Gasteiger partial charge in [0.1, 0.15) is 12.1 Å². The predicted octanol–water partition coefficient (Wildman–Crippen LogP) is 3.65. The third kappa shape index (κ3) is 4.37. The molecule has 0 aliphatic carbocycles. The van der Waals surface area contributed by atoms with Crippen molar-refractivity contribution < 1.29 is 19.2 Å². The van der Waals surface area contributed by atoms with Crippen molar-refractivity contribution >= 4 is 52.1 Å². The molecule has 0 spiro atoms. The Bertz CT molecular complexity index is 1550.